The molecular weight excluding hydrogens is 396 g/mol. The predicted octanol–water partition coefficient (Wildman–Crippen LogP) is 7.72. The third kappa shape index (κ3) is 3.58. The number of hydrogen-bond donors (Lipinski definition) is 0. The highest BCUT2D eigenvalue weighted by atomic mass is 16.5. The van der Waals surface area contributed by atoms with Crippen molar-refractivity contribution in [2.45, 2.75) is 52.5 Å². The zero-order valence-corrected chi connectivity index (χ0v) is 20.5. The zero-order chi connectivity index (χ0) is 23.3. The third-order valence-electron chi connectivity index (χ3n) is 5.95. The largest absolute Gasteiger partial charge is 0.496 e. The molecule has 32 heavy (non-hydrogen) atoms. The summed E-state index contributed by atoms with van der Waals surface area (Å²) in [6.07, 6.45) is 0. The van der Waals surface area contributed by atoms with Gasteiger partial charge in [-0.25, -0.2) is 0 Å². The van der Waals surface area contributed by atoms with Gasteiger partial charge in [0.1, 0.15) is 11.5 Å². The number of benzene rings is 3. The number of para-hydroxylation sites is 4. The molecule has 1 aliphatic rings. The van der Waals surface area contributed by atoms with Crippen LogP contribution in [0.4, 0.5) is 28.4 Å². The summed E-state index contributed by atoms with van der Waals surface area (Å²) in [7, 11) is 3.47. The molecule has 0 atom stereocenters. The van der Waals surface area contributed by atoms with E-state index in [9.17, 15) is 0 Å². The Labute approximate surface area is 192 Å². The van der Waals surface area contributed by atoms with E-state index in [2.05, 4.69) is 112 Å². The van der Waals surface area contributed by atoms with Gasteiger partial charge in [0, 0.05) is 17.2 Å². The molecule has 0 amide bonds. The highest BCUT2D eigenvalue weighted by molar-refractivity contribution is 5.99. The fraction of sp³-hybridized carbons (Fsp3) is 0.357. The molecule has 0 spiro atoms. The van der Waals surface area contributed by atoms with Gasteiger partial charge >= 0.3 is 0 Å². The van der Waals surface area contributed by atoms with Crippen LogP contribution in [0.15, 0.2) is 60.7 Å². The fourth-order valence-corrected chi connectivity index (χ4v) is 4.57. The Kier molecular flexibility index (Phi) is 5.36. The number of rotatable bonds is 3. The van der Waals surface area contributed by atoms with E-state index in [1.807, 2.05) is 0 Å². The zero-order valence-electron chi connectivity index (χ0n) is 20.5. The molecule has 0 aromatic heterocycles. The van der Waals surface area contributed by atoms with Crippen LogP contribution in [0, 0.1) is 0 Å². The topological polar surface area (TPSA) is 24.9 Å². The summed E-state index contributed by atoms with van der Waals surface area (Å²) in [6.45, 7) is 13.3. The van der Waals surface area contributed by atoms with Crippen molar-refractivity contribution < 1.29 is 9.47 Å². The Morgan fingerprint density at radius 2 is 1.06 bits per heavy atom. The molecule has 0 N–H and O–H groups in total. The van der Waals surface area contributed by atoms with Gasteiger partial charge in [0.2, 0.25) is 0 Å². The van der Waals surface area contributed by atoms with Crippen molar-refractivity contribution in [3.63, 3.8) is 0 Å². The maximum absolute atomic E-state index is 5.95. The van der Waals surface area contributed by atoms with Crippen molar-refractivity contribution in [2.24, 2.45) is 0 Å². The first kappa shape index (κ1) is 22.1. The lowest BCUT2D eigenvalue weighted by atomic mass is 9.85. The Bertz CT molecular complexity index is 1090. The lowest BCUT2D eigenvalue weighted by molar-refractivity contribution is 0.388. The number of fused-ring (bicyclic) bond motifs is 2. The smallest absolute Gasteiger partial charge is 0.143 e. The third-order valence-corrected chi connectivity index (χ3v) is 5.95. The molecule has 1 heterocycles. The van der Waals surface area contributed by atoms with Gasteiger partial charge in [0.05, 0.1) is 42.7 Å². The second kappa shape index (κ2) is 7.77. The van der Waals surface area contributed by atoms with E-state index in [0.29, 0.717) is 0 Å². The van der Waals surface area contributed by atoms with Crippen LogP contribution >= 0.6 is 0 Å². The first-order chi connectivity index (χ1) is 15.1. The minimum atomic E-state index is -0.0871. The van der Waals surface area contributed by atoms with Crippen molar-refractivity contribution in [2.75, 3.05) is 24.0 Å². The van der Waals surface area contributed by atoms with Gasteiger partial charge in [-0.2, -0.15) is 0 Å². The van der Waals surface area contributed by atoms with Gasteiger partial charge in [-0.15, -0.1) is 0 Å². The SMILES string of the molecule is COc1cc(C(C)(C)C)c(OC)cc1N1c2ccccc2N(C(C)(C)C)c2ccccc21. The Morgan fingerprint density at radius 1 is 0.594 bits per heavy atom. The second-order valence-electron chi connectivity index (χ2n) is 10.3. The van der Waals surface area contributed by atoms with Crippen LogP contribution < -0.4 is 19.3 Å². The van der Waals surface area contributed by atoms with Gasteiger partial charge in [-0.1, -0.05) is 45.0 Å². The van der Waals surface area contributed by atoms with Crippen LogP contribution in [0.25, 0.3) is 0 Å². The monoisotopic (exact) mass is 430 g/mol. The summed E-state index contributed by atoms with van der Waals surface area (Å²) in [6, 6.07) is 21.3. The van der Waals surface area contributed by atoms with Crippen LogP contribution in [-0.4, -0.2) is 19.8 Å². The van der Waals surface area contributed by atoms with Crippen LogP contribution in [0.3, 0.4) is 0 Å². The van der Waals surface area contributed by atoms with E-state index in [1.54, 1.807) is 14.2 Å². The van der Waals surface area contributed by atoms with Gasteiger partial charge in [0.15, 0.2) is 0 Å². The molecule has 4 heteroatoms. The van der Waals surface area contributed by atoms with E-state index in [-0.39, 0.29) is 11.0 Å². The molecule has 0 saturated carbocycles. The van der Waals surface area contributed by atoms with Crippen molar-refractivity contribution in [3.05, 3.63) is 66.2 Å². The van der Waals surface area contributed by atoms with Gasteiger partial charge in [0.25, 0.3) is 0 Å². The van der Waals surface area contributed by atoms with Crippen LogP contribution in [0.1, 0.15) is 47.1 Å². The van der Waals surface area contributed by atoms with Gasteiger partial charge in [-0.3, -0.25) is 0 Å². The van der Waals surface area contributed by atoms with E-state index in [1.165, 1.54) is 11.4 Å². The molecular formula is C28H34N2O2. The molecule has 3 aromatic rings. The first-order valence-electron chi connectivity index (χ1n) is 11.1. The molecule has 0 radical (unpaired) electrons. The molecule has 3 aromatic carbocycles. The summed E-state index contributed by atoms with van der Waals surface area (Å²) in [5, 5.41) is 0. The van der Waals surface area contributed by atoms with Crippen LogP contribution in [0.2, 0.25) is 0 Å². The van der Waals surface area contributed by atoms with E-state index in [0.717, 1.165) is 34.1 Å². The molecule has 0 fully saturated rings. The minimum Gasteiger partial charge on any atom is -0.496 e. The van der Waals surface area contributed by atoms with E-state index < -0.39 is 0 Å². The minimum absolute atomic E-state index is 0.0715. The van der Waals surface area contributed by atoms with Crippen molar-refractivity contribution >= 4 is 28.4 Å². The number of anilines is 5. The summed E-state index contributed by atoms with van der Waals surface area (Å²) in [4.78, 5) is 4.71. The Balaban J connectivity index is 2.04. The molecule has 0 aliphatic carbocycles. The molecule has 0 saturated heterocycles. The lowest BCUT2D eigenvalue weighted by Crippen LogP contribution is -2.41. The summed E-state index contributed by atoms with van der Waals surface area (Å²) in [5.41, 5.74) is 6.49. The molecule has 0 unspecified atom stereocenters. The van der Waals surface area contributed by atoms with Crippen LogP contribution in [0.5, 0.6) is 11.5 Å². The first-order valence-corrected chi connectivity index (χ1v) is 11.1. The van der Waals surface area contributed by atoms with Gasteiger partial charge < -0.3 is 19.3 Å². The second-order valence-corrected chi connectivity index (χ2v) is 10.3. The lowest BCUT2D eigenvalue weighted by Gasteiger charge is -2.46. The highest BCUT2D eigenvalue weighted by Crippen LogP contribution is 2.56. The maximum atomic E-state index is 5.95. The Hall–Kier alpha value is -3.14. The number of ether oxygens (including phenoxy) is 2. The van der Waals surface area contributed by atoms with Crippen molar-refractivity contribution in [1.82, 2.24) is 0 Å². The molecule has 4 nitrogen and oxygen atoms in total. The van der Waals surface area contributed by atoms with Crippen molar-refractivity contribution in [1.29, 1.82) is 0 Å². The quantitative estimate of drug-likeness (QED) is 0.424. The summed E-state index contributed by atoms with van der Waals surface area (Å²) >= 11 is 0. The van der Waals surface area contributed by atoms with E-state index in [4.69, 9.17) is 9.47 Å². The Morgan fingerprint density at radius 3 is 1.47 bits per heavy atom. The van der Waals surface area contributed by atoms with Crippen LogP contribution in [-0.2, 0) is 5.41 Å². The molecule has 1 aliphatic heterocycles. The predicted molar refractivity (Wildman–Crippen MR) is 135 cm³/mol. The van der Waals surface area contributed by atoms with E-state index >= 15 is 0 Å². The van der Waals surface area contributed by atoms with Gasteiger partial charge in [-0.05, 0) is 56.5 Å². The average Bonchev–Trinajstić information content (AvgIpc) is 2.74. The maximum Gasteiger partial charge on any atom is 0.143 e. The standard InChI is InChI=1S/C28H34N2O2/c1-27(2,3)19-17-26(32-8)24(18-25(19)31-7)29-20-13-9-11-15-22(20)30(28(4,5)6)23-16-12-10-14-21(23)29/h9-18H,1-8H3. The summed E-state index contributed by atoms with van der Waals surface area (Å²) < 4.78 is 11.8. The fourth-order valence-electron chi connectivity index (χ4n) is 4.57. The summed E-state index contributed by atoms with van der Waals surface area (Å²) in [5.74, 6) is 1.69. The van der Waals surface area contributed by atoms with Crippen molar-refractivity contribution in [3.8, 4) is 11.5 Å². The highest BCUT2D eigenvalue weighted by Gasteiger charge is 2.36. The average molecular weight is 431 g/mol. The molecule has 0 bridgehead atoms. The number of methoxy groups -OCH3 is 2. The molecule has 168 valence electrons. The number of nitrogens with zero attached hydrogens (tertiary/aromatic N) is 2. The normalized spacial score (nSPS) is 13.5. The molecule has 4 rings (SSSR count). The number of hydrogen-bond acceptors (Lipinski definition) is 4.